The molecule has 0 bridgehead atoms. The van der Waals surface area contributed by atoms with Crippen LogP contribution in [-0.2, 0) is 9.84 Å². The SMILES string of the molecule is Cc1cc(C(=O)N(C)c2ccccc2)nn1C1CCS(=O)(=O)C1. The number of sulfone groups is 1. The number of rotatable bonds is 3. The van der Waals surface area contributed by atoms with Gasteiger partial charge in [0.05, 0.1) is 17.5 Å². The van der Waals surface area contributed by atoms with Crippen molar-refractivity contribution in [2.24, 2.45) is 0 Å². The normalized spacial score (nSPS) is 19.7. The molecule has 0 radical (unpaired) electrons. The van der Waals surface area contributed by atoms with Crippen molar-refractivity contribution in [2.75, 3.05) is 23.5 Å². The van der Waals surface area contributed by atoms with Gasteiger partial charge in [-0.15, -0.1) is 0 Å². The zero-order valence-electron chi connectivity index (χ0n) is 13.1. The van der Waals surface area contributed by atoms with Gasteiger partial charge >= 0.3 is 0 Å². The minimum atomic E-state index is -2.99. The van der Waals surface area contributed by atoms with Gasteiger partial charge in [0.1, 0.15) is 0 Å². The van der Waals surface area contributed by atoms with Crippen LogP contribution in [0.15, 0.2) is 36.4 Å². The maximum absolute atomic E-state index is 12.6. The largest absolute Gasteiger partial charge is 0.310 e. The molecule has 3 rings (SSSR count). The fourth-order valence-corrected chi connectivity index (χ4v) is 4.56. The molecule has 1 aliphatic heterocycles. The summed E-state index contributed by atoms with van der Waals surface area (Å²) in [6.45, 7) is 1.84. The van der Waals surface area contributed by atoms with E-state index in [2.05, 4.69) is 5.10 Å². The first-order valence-corrected chi connectivity index (χ1v) is 9.29. The second kappa shape index (κ2) is 5.81. The van der Waals surface area contributed by atoms with Gasteiger partial charge in [0.2, 0.25) is 0 Å². The van der Waals surface area contributed by atoms with E-state index in [-0.39, 0.29) is 23.5 Å². The molecule has 23 heavy (non-hydrogen) atoms. The first-order valence-electron chi connectivity index (χ1n) is 7.47. The molecule has 2 heterocycles. The molecule has 0 spiro atoms. The predicted octanol–water partition coefficient (Wildman–Crippen LogP) is 1.83. The summed E-state index contributed by atoms with van der Waals surface area (Å²) in [6.07, 6.45) is 0.549. The Hall–Kier alpha value is -2.15. The number of nitrogens with zero attached hydrogens (tertiary/aromatic N) is 3. The minimum Gasteiger partial charge on any atom is -0.310 e. The summed E-state index contributed by atoms with van der Waals surface area (Å²) in [4.78, 5) is 14.1. The number of carbonyl (C=O) groups is 1. The highest BCUT2D eigenvalue weighted by Crippen LogP contribution is 2.25. The van der Waals surface area contributed by atoms with Crippen molar-refractivity contribution >= 4 is 21.4 Å². The maximum Gasteiger partial charge on any atom is 0.278 e. The summed E-state index contributed by atoms with van der Waals surface area (Å²) in [5.41, 5.74) is 1.92. The molecular formula is C16H19N3O3S. The van der Waals surface area contributed by atoms with Crippen LogP contribution in [0.25, 0.3) is 0 Å². The number of carbonyl (C=O) groups excluding carboxylic acids is 1. The second-order valence-corrected chi connectivity index (χ2v) is 8.10. The van der Waals surface area contributed by atoms with E-state index in [1.165, 1.54) is 4.90 Å². The van der Waals surface area contributed by atoms with Crippen LogP contribution in [0, 0.1) is 6.92 Å². The van der Waals surface area contributed by atoms with E-state index in [1.807, 2.05) is 37.3 Å². The Morgan fingerprint density at radius 2 is 2.00 bits per heavy atom. The third-order valence-corrected chi connectivity index (χ3v) is 5.89. The molecule has 1 fully saturated rings. The van der Waals surface area contributed by atoms with Gasteiger partial charge in [-0.3, -0.25) is 9.48 Å². The average molecular weight is 333 g/mol. The van der Waals surface area contributed by atoms with E-state index in [4.69, 9.17) is 0 Å². The number of anilines is 1. The summed E-state index contributed by atoms with van der Waals surface area (Å²) in [6, 6.07) is 10.9. The van der Waals surface area contributed by atoms with Crippen molar-refractivity contribution in [3.8, 4) is 0 Å². The summed E-state index contributed by atoms with van der Waals surface area (Å²) in [5.74, 6) is 0.0703. The van der Waals surface area contributed by atoms with Crippen LogP contribution >= 0.6 is 0 Å². The Morgan fingerprint density at radius 1 is 1.30 bits per heavy atom. The molecule has 1 unspecified atom stereocenters. The lowest BCUT2D eigenvalue weighted by Crippen LogP contribution is -2.27. The van der Waals surface area contributed by atoms with Crippen LogP contribution in [0.4, 0.5) is 5.69 Å². The lowest BCUT2D eigenvalue weighted by Gasteiger charge is -2.16. The average Bonchev–Trinajstić information content (AvgIpc) is 3.09. The Balaban J connectivity index is 1.85. The first kappa shape index (κ1) is 15.7. The number of aryl methyl sites for hydroxylation is 1. The highest BCUT2D eigenvalue weighted by Gasteiger charge is 2.31. The van der Waals surface area contributed by atoms with Crippen molar-refractivity contribution in [1.82, 2.24) is 9.78 Å². The standard InChI is InChI=1S/C16H19N3O3S/c1-12-10-15(16(20)18(2)13-6-4-3-5-7-13)17-19(12)14-8-9-23(21,22)11-14/h3-7,10,14H,8-9,11H2,1-2H3. The number of aromatic nitrogens is 2. The minimum absolute atomic E-state index is 0.0949. The van der Waals surface area contributed by atoms with Crippen LogP contribution in [-0.4, -0.2) is 42.7 Å². The Morgan fingerprint density at radius 3 is 2.61 bits per heavy atom. The fourth-order valence-electron chi connectivity index (χ4n) is 2.87. The van der Waals surface area contributed by atoms with Crippen molar-refractivity contribution in [1.29, 1.82) is 0 Å². The van der Waals surface area contributed by atoms with Gasteiger partial charge in [0, 0.05) is 18.4 Å². The third-order valence-electron chi connectivity index (χ3n) is 4.14. The second-order valence-electron chi connectivity index (χ2n) is 5.87. The lowest BCUT2D eigenvalue weighted by atomic mass is 10.2. The molecule has 0 aliphatic carbocycles. The number of benzene rings is 1. The molecule has 0 N–H and O–H groups in total. The van der Waals surface area contributed by atoms with Gasteiger partial charge < -0.3 is 4.90 Å². The molecule has 1 atom stereocenters. The van der Waals surface area contributed by atoms with E-state index in [1.54, 1.807) is 17.8 Å². The Kier molecular flexibility index (Phi) is 3.97. The summed E-state index contributed by atoms with van der Waals surface area (Å²) < 4.78 is 25.0. The van der Waals surface area contributed by atoms with Crippen molar-refractivity contribution < 1.29 is 13.2 Å². The zero-order valence-corrected chi connectivity index (χ0v) is 14.0. The van der Waals surface area contributed by atoms with Gasteiger partial charge in [-0.05, 0) is 31.5 Å². The number of hydrogen-bond donors (Lipinski definition) is 0. The molecule has 1 saturated heterocycles. The van der Waals surface area contributed by atoms with E-state index in [9.17, 15) is 13.2 Å². The fraction of sp³-hybridized carbons (Fsp3) is 0.375. The molecule has 2 aromatic rings. The lowest BCUT2D eigenvalue weighted by molar-refractivity contribution is 0.0987. The van der Waals surface area contributed by atoms with Crippen LogP contribution in [0.5, 0.6) is 0 Å². The summed E-state index contributed by atoms with van der Waals surface area (Å²) in [7, 11) is -1.29. The van der Waals surface area contributed by atoms with Crippen molar-refractivity contribution in [3.05, 3.63) is 47.8 Å². The molecule has 1 aromatic heterocycles. The molecule has 7 heteroatoms. The van der Waals surface area contributed by atoms with Gasteiger partial charge in [0.15, 0.2) is 15.5 Å². The van der Waals surface area contributed by atoms with E-state index in [0.29, 0.717) is 12.1 Å². The van der Waals surface area contributed by atoms with Crippen molar-refractivity contribution in [3.63, 3.8) is 0 Å². The monoisotopic (exact) mass is 333 g/mol. The topological polar surface area (TPSA) is 72.3 Å². The van der Waals surface area contributed by atoms with Gasteiger partial charge in [-0.2, -0.15) is 5.10 Å². The highest BCUT2D eigenvalue weighted by atomic mass is 32.2. The smallest absolute Gasteiger partial charge is 0.278 e. The molecule has 1 amide bonds. The molecule has 1 aromatic carbocycles. The van der Waals surface area contributed by atoms with E-state index in [0.717, 1.165) is 11.4 Å². The van der Waals surface area contributed by atoms with Crippen LogP contribution < -0.4 is 4.90 Å². The third kappa shape index (κ3) is 3.14. The van der Waals surface area contributed by atoms with Crippen molar-refractivity contribution in [2.45, 2.75) is 19.4 Å². The molecule has 122 valence electrons. The molecular weight excluding hydrogens is 314 g/mol. The highest BCUT2D eigenvalue weighted by molar-refractivity contribution is 7.91. The maximum atomic E-state index is 12.6. The predicted molar refractivity (Wildman–Crippen MR) is 88.4 cm³/mol. The first-order chi connectivity index (χ1) is 10.9. The van der Waals surface area contributed by atoms with Gasteiger partial charge in [0.25, 0.3) is 5.91 Å². The van der Waals surface area contributed by atoms with E-state index < -0.39 is 9.84 Å². The van der Waals surface area contributed by atoms with E-state index >= 15 is 0 Å². The summed E-state index contributed by atoms with van der Waals surface area (Å²) >= 11 is 0. The number of amides is 1. The Labute approximate surface area is 135 Å². The number of hydrogen-bond acceptors (Lipinski definition) is 4. The Bertz CT molecular complexity index is 828. The van der Waals surface area contributed by atoms with Gasteiger partial charge in [-0.1, -0.05) is 18.2 Å². The van der Waals surface area contributed by atoms with Crippen LogP contribution in [0.1, 0.15) is 28.6 Å². The zero-order chi connectivity index (χ0) is 16.6. The number of para-hydroxylation sites is 1. The quantitative estimate of drug-likeness (QED) is 0.859. The van der Waals surface area contributed by atoms with Gasteiger partial charge in [-0.25, -0.2) is 8.42 Å². The van der Waals surface area contributed by atoms with Crippen LogP contribution in [0.2, 0.25) is 0 Å². The molecule has 1 aliphatic rings. The summed E-state index contributed by atoms with van der Waals surface area (Å²) in [5, 5.41) is 4.36. The molecule has 0 saturated carbocycles. The van der Waals surface area contributed by atoms with Crippen LogP contribution in [0.3, 0.4) is 0 Å². The molecule has 6 nitrogen and oxygen atoms in total.